The maximum atomic E-state index is 13.1. The number of aromatic nitrogens is 12. The number of anilines is 8. The second kappa shape index (κ2) is 56.2. The second-order valence-corrected chi connectivity index (χ2v) is 44.5. The summed E-state index contributed by atoms with van der Waals surface area (Å²) in [7, 11) is -7.40. The lowest BCUT2D eigenvalue weighted by Crippen LogP contribution is -2.47. The Balaban J connectivity index is 0.000000175. The fraction of sp³-hybridized carbons (Fsp3) is 0.625. The van der Waals surface area contributed by atoms with Gasteiger partial charge in [-0.2, -0.15) is 19.9 Å². The van der Waals surface area contributed by atoms with Crippen LogP contribution < -0.4 is 62.6 Å². The summed E-state index contributed by atoms with van der Waals surface area (Å²) in [4.78, 5) is 96.0. The van der Waals surface area contributed by atoms with Gasteiger partial charge in [0.2, 0.25) is 43.8 Å². The first kappa shape index (κ1) is 113. The topological polar surface area (TPSA) is 524 Å². The highest BCUT2D eigenvalue weighted by molar-refractivity contribution is 7.89. The zero-order valence-corrected chi connectivity index (χ0v) is 88.0. The van der Waals surface area contributed by atoms with Crippen LogP contribution in [0.3, 0.4) is 0 Å². The molecule has 4 saturated carbocycles. The molecule has 16 N–H and O–H groups in total. The number of hydrogen-bond acceptors (Lipinski definition) is 34. The number of sulfonamides is 2. The minimum absolute atomic E-state index is 0.0215. The van der Waals surface area contributed by atoms with Crippen molar-refractivity contribution in [2.24, 2.45) is 11.8 Å². The zero-order chi connectivity index (χ0) is 103. The Morgan fingerprint density at radius 1 is 0.372 bits per heavy atom. The number of nitrogens with zero attached hydrogens (tertiary/aromatic N) is 14. The number of carbonyl (C=O) groups excluding carboxylic acids is 3. The Hall–Kier alpha value is -11.1. The second-order valence-electron chi connectivity index (χ2n) is 41.0. The molecule has 8 aromatic heterocycles. The van der Waals surface area contributed by atoms with Crippen molar-refractivity contribution >= 4 is 85.2 Å². The fourth-order valence-corrected chi connectivity index (χ4v) is 20.1. The Morgan fingerprint density at radius 2 is 0.690 bits per heavy atom. The van der Waals surface area contributed by atoms with Gasteiger partial charge in [-0.05, 0) is 282 Å². The van der Waals surface area contributed by atoms with Gasteiger partial charge in [0.25, 0.3) is 5.91 Å². The van der Waals surface area contributed by atoms with E-state index in [2.05, 4.69) is 130 Å². The fourth-order valence-electron chi connectivity index (χ4n) is 18.0. The standard InChI is InChI=1S/C30H47N7O5S.C30H45N7O4.C25H39N7O3S.C19H27N5O/c1-5-6-15-31-28-33-20-25(27(36-28)35-22-7-9-23(38)10-8-22)26-12-11-24(19-32-26)43(40,41)34-18-21-13-16-37(17-14-21)29(39)42-30(2,3)4;1-5-6-15-31-28-33-19-24(26(36-28)34-21-8-10-23(38)11-9-21)25-12-7-20(18-32-25)27(39)35-22-13-16-37(17-14-22)29(40)41-30(2,3)4;1-2-3-12-27-25-29-17-22(24(32-25)31-19-4-6-20(33)7-5-19)23-9-8-21(16-28-23)36(34,35)30-15-18-10-13-26-14-11-18;1-2-3-11-21-19-22-13-16(17-6-4-5-12-20-17)18(24-19)23-14-7-9-15(25)10-8-14/h11-12,19-23,34,38H,5-10,13-18H2,1-4H3,(H2,31,33,35,36);7,12,18-19,21-23,38H,5-6,8-11,13-17H2,1-4H3,(H,35,39)(H2,31,33,34,36);8-9,16-20,26,30,33H,2-7,10-15H2,1H3,(H2,27,29,31,32);4-6,12-15,25H,2-3,7-11H2,1H3,(H2,21,22,23,24). The van der Waals surface area contributed by atoms with E-state index in [1.807, 2.05) is 72.0 Å². The number of carbonyl (C=O) groups is 3. The van der Waals surface area contributed by atoms with E-state index < -0.39 is 31.2 Å². The minimum Gasteiger partial charge on any atom is -0.444 e. The molecule has 7 aliphatic rings. The maximum absolute atomic E-state index is 13.1. The third-order valence-corrected chi connectivity index (χ3v) is 29.6. The molecule has 794 valence electrons. The predicted octanol–water partition coefficient (Wildman–Crippen LogP) is 15.2. The van der Waals surface area contributed by atoms with E-state index in [1.54, 1.807) is 71.1 Å². The van der Waals surface area contributed by atoms with Crippen molar-refractivity contribution < 1.29 is 61.1 Å². The first-order chi connectivity index (χ1) is 69.7. The normalized spacial score (nSPS) is 20.3. The number of amides is 3. The summed E-state index contributed by atoms with van der Waals surface area (Å²) in [6.45, 7) is 27.6. The van der Waals surface area contributed by atoms with E-state index >= 15 is 0 Å². The number of hydrogen-bond donors (Lipinski definition) is 16. The lowest BCUT2D eigenvalue weighted by Gasteiger charge is -2.33. The van der Waals surface area contributed by atoms with Crippen LogP contribution in [-0.2, 0) is 29.5 Å². The summed E-state index contributed by atoms with van der Waals surface area (Å²) in [5.41, 5.74) is 5.16. The van der Waals surface area contributed by atoms with Crippen molar-refractivity contribution in [3.05, 3.63) is 110 Å². The van der Waals surface area contributed by atoms with Gasteiger partial charge in [0.1, 0.15) is 44.3 Å². The molecular weight excluding hydrogens is 1890 g/mol. The van der Waals surface area contributed by atoms with Crippen molar-refractivity contribution in [2.45, 2.75) is 337 Å². The van der Waals surface area contributed by atoms with Crippen LogP contribution in [0.5, 0.6) is 0 Å². The Kier molecular flexibility index (Phi) is 43.7. The van der Waals surface area contributed by atoms with Crippen LogP contribution in [0, 0.1) is 11.8 Å². The number of unbranched alkanes of at least 4 members (excludes halogenated alkanes) is 4. The first-order valence-corrected chi connectivity index (χ1v) is 55.7. The molecule has 39 nitrogen and oxygen atoms in total. The lowest BCUT2D eigenvalue weighted by molar-refractivity contribution is 0.0179. The summed E-state index contributed by atoms with van der Waals surface area (Å²) < 4.78 is 68.2. The quantitative estimate of drug-likeness (QED) is 0.0160. The van der Waals surface area contributed by atoms with Gasteiger partial charge in [0.05, 0.1) is 75.0 Å². The lowest BCUT2D eigenvalue weighted by atomic mass is 9.93. The third kappa shape index (κ3) is 36.8. The van der Waals surface area contributed by atoms with Gasteiger partial charge in [0.15, 0.2) is 0 Å². The van der Waals surface area contributed by atoms with Gasteiger partial charge in [0, 0.05) is 145 Å². The summed E-state index contributed by atoms with van der Waals surface area (Å²) in [6, 6.07) is 16.8. The number of ether oxygens (including phenoxy) is 2. The Morgan fingerprint density at radius 3 is 0.986 bits per heavy atom. The number of aliphatic hydroxyl groups is 4. The molecule has 3 aliphatic heterocycles. The molecule has 0 unspecified atom stereocenters. The number of piperidine rings is 3. The molecule has 145 heavy (non-hydrogen) atoms. The van der Waals surface area contributed by atoms with Gasteiger partial charge >= 0.3 is 12.2 Å². The summed E-state index contributed by atoms with van der Waals surface area (Å²) in [5.74, 6) is 5.37. The molecule has 0 atom stereocenters. The molecule has 41 heteroatoms. The monoisotopic (exact) mass is 2040 g/mol. The van der Waals surface area contributed by atoms with Gasteiger partial charge in [-0.1, -0.05) is 59.4 Å². The summed E-state index contributed by atoms with van der Waals surface area (Å²) in [6.07, 6.45) is 38.0. The molecule has 7 fully saturated rings. The zero-order valence-electron chi connectivity index (χ0n) is 86.4. The molecular formula is C104H158N26O13S2. The highest BCUT2D eigenvalue weighted by Gasteiger charge is 2.34. The van der Waals surface area contributed by atoms with E-state index in [0.29, 0.717) is 145 Å². The van der Waals surface area contributed by atoms with Crippen LogP contribution >= 0.6 is 0 Å². The van der Waals surface area contributed by atoms with Gasteiger partial charge in [-0.3, -0.25) is 24.7 Å². The average Bonchev–Trinajstić information content (AvgIpc) is 0.802. The summed E-state index contributed by atoms with van der Waals surface area (Å²) >= 11 is 0. The van der Waals surface area contributed by atoms with Crippen LogP contribution in [0.15, 0.2) is 114 Å². The van der Waals surface area contributed by atoms with E-state index in [-0.39, 0.29) is 88.9 Å². The van der Waals surface area contributed by atoms with E-state index in [1.165, 1.54) is 12.4 Å². The largest absolute Gasteiger partial charge is 0.444 e. The maximum Gasteiger partial charge on any atom is 0.410 e. The minimum atomic E-state index is -3.77. The Labute approximate surface area is 856 Å². The van der Waals surface area contributed by atoms with Crippen molar-refractivity contribution in [1.29, 1.82) is 0 Å². The van der Waals surface area contributed by atoms with Gasteiger partial charge in [-0.25, -0.2) is 55.8 Å². The van der Waals surface area contributed by atoms with E-state index in [4.69, 9.17) is 29.4 Å². The summed E-state index contributed by atoms with van der Waals surface area (Å²) in [5, 5.41) is 73.0. The van der Waals surface area contributed by atoms with Crippen LogP contribution in [0.4, 0.5) is 56.7 Å². The molecule has 15 rings (SSSR count). The smallest absolute Gasteiger partial charge is 0.410 e. The first-order valence-electron chi connectivity index (χ1n) is 52.7. The van der Waals surface area contributed by atoms with Crippen LogP contribution in [0.1, 0.15) is 272 Å². The van der Waals surface area contributed by atoms with Crippen LogP contribution in [0.2, 0.25) is 0 Å². The third-order valence-electron chi connectivity index (χ3n) is 26.8. The van der Waals surface area contributed by atoms with E-state index in [9.17, 15) is 51.6 Å². The number of pyridine rings is 4. The predicted molar refractivity (Wildman–Crippen MR) is 567 cm³/mol. The Bertz CT molecular complexity index is 5510. The number of rotatable bonds is 38. The average molecular weight is 2040 g/mol. The van der Waals surface area contributed by atoms with Crippen LogP contribution in [-0.4, -0.2) is 269 Å². The van der Waals surface area contributed by atoms with Crippen molar-refractivity contribution in [1.82, 2.24) is 89.7 Å². The van der Waals surface area contributed by atoms with Crippen molar-refractivity contribution in [3.8, 4) is 45.0 Å². The SMILES string of the molecule is CCCCNc1ncc(-c2ccc(C(=O)NC3CCN(C(=O)OC(C)(C)C)CC3)cn2)c(NC2CCC(O)CC2)n1.CCCCNc1ncc(-c2ccc(S(=O)(=O)NCC3CCN(C(=O)OC(C)(C)C)CC3)cn2)c(NC2CCC(O)CC2)n1.CCCCNc1ncc(-c2ccc(S(=O)(=O)NCC3CCNCC3)cn2)c(NC2CCC(O)CC2)n1.CCCCNc1ncc(-c2ccccn2)c(NC2CCC(O)CC2)n1. The molecule has 11 heterocycles. The molecule has 8 aromatic rings. The van der Waals surface area contributed by atoms with E-state index in [0.717, 1.165) is 229 Å². The highest BCUT2D eigenvalue weighted by Crippen LogP contribution is 2.37. The highest BCUT2D eigenvalue weighted by atomic mass is 32.2. The molecule has 3 saturated heterocycles. The number of likely N-dealkylation sites (tertiary alicyclic amines) is 2. The number of aliphatic hydroxyl groups excluding tert-OH is 4. The van der Waals surface area contributed by atoms with Gasteiger partial charge in [-0.15, -0.1) is 0 Å². The molecule has 3 amide bonds. The molecule has 4 aliphatic carbocycles. The number of nitrogens with one attached hydrogen (secondary N) is 12. The molecule has 0 aromatic carbocycles. The van der Waals surface area contributed by atoms with Crippen molar-refractivity contribution in [3.63, 3.8) is 0 Å². The molecule has 0 bridgehead atoms. The van der Waals surface area contributed by atoms with Crippen LogP contribution in [0.25, 0.3) is 45.0 Å². The van der Waals surface area contributed by atoms with Crippen molar-refractivity contribution in [2.75, 3.05) is 121 Å². The van der Waals surface area contributed by atoms with Gasteiger partial charge < -0.3 is 92.9 Å². The molecule has 0 spiro atoms. The molecule has 0 radical (unpaired) electrons.